The maximum Gasteiger partial charge on any atom is 0.157 e. The number of hydrogen-bond acceptors (Lipinski definition) is 5. The third kappa shape index (κ3) is 2.91. The molecular formula is C18H15FN6. The molecule has 25 heavy (non-hydrogen) atoms. The molecule has 0 aliphatic carbocycles. The Morgan fingerprint density at radius 1 is 1.12 bits per heavy atom. The van der Waals surface area contributed by atoms with Crippen molar-refractivity contribution in [1.29, 1.82) is 0 Å². The summed E-state index contributed by atoms with van der Waals surface area (Å²) in [7, 11) is 0. The largest absolute Gasteiger partial charge is 0.362 e. The summed E-state index contributed by atoms with van der Waals surface area (Å²) in [4.78, 5) is 12.7. The Balaban J connectivity index is 1.78. The van der Waals surface area contributed by atoms with E-state index in [0.29, 0.717) is 22.7 Å². The first-order valence-electron chi connectivity index (χ1n) is 7.84. The molecule has 1 N–H and O–H groups in total. The average Bonchev–Trinajstić information content (AvgIpc) is 3.11. The molecule has 6 nitrogen and oxygen atoms in total. The molecule has 124 valence electrons. The molecule has 3 aromatic heterocycles. The van der Waals surface area contributed by atoms with Crippen molar-refractivity contribution in [2.24, 2.45) is 0 Å². The Kier molecular flexibility index (Phi) is 3.81. The number of nitrogens with one attached hydrogen (secondary N) is 1. The van der Waals surface area contributed by atoms with E-state index in [1.807, 2.05) is 13.0 Å². The van der Waals surface area contributed by atoms with E-state index in [1.54, 1.807) is 47.2 Å². The molecule has 0 aliphatic heterocycles. The van der Waals surface area contributed by atoms with Crippen molar-refractivity contribution in [3.8, 4) is 11.3 Å². The van der Waals surface area contributed by atoms with Crippen LogP contribution in [-0.4, -0.2) is 24.6 Å². The lowest BCUT2D eigenvalue weighted by molar-refractivity contribution is 0.630. The number of rotatable bonds is 4. The summed E-state index contributed by atoms with van der Waals surface area (Å²) in [6.07, 6.45) is 4.86. The van der Waals surface area contributed by atoms with Gasteiger partial charge in [0.05, 0.1) is 23.6 Å². The molecule has 0 bridgehead atoms. The Bertz CT molecular complexity index is 1010. The zero-order valence-electron chi connectivity index (χ0n) is 13.5. The van der Waals surface area contributed by atoms with Crippen LogP contribution < -0.4 is 5.32 Å². The number of halogens is 1. The van der Waals surface area contributed by atoms with Gasteiger partial charge in [0.2, 0.25) is 0 Å². The van der Waals surface area contributed by atoms with Crippen LogP contribution in [0.2, 0.25) is 0 Å². The highest BCUT2D eigenvalue weighted by atomic mass is 19.1. The van der Waals surface area contributed by atoms with Gasteiger partial charge in [0.1, 0.15) is 18.0 Å². The maximum atomic E-state index is 14.2. The molecule has 1 unspecified atom stereocenters. The molecule has 0 radical (unpaired) electrons. The minimum atomic E-state index is -0.311. The molecule has 3 heterocycles. The summed E-state index contributed by atoms with van der Waals surface area (Å²) in [5.74, 6) is 0.396. The predicted octanol–water partition coefficient (Wildman–Crippen LogP) is 3.50. The lowest BCUT2D eigenvalue weighted by Crippen LogP contribution is -2.12. The summed E-state index contributed by atoms with van der Waals surface area (Å²) in [6, 6.07) is 11.9. The molecule has 1 atom stereocenters. The van der Waals surface area contributed by atoms with Gasteiger partial charge in [-0.05, 0) is 25.1 Å². The van der Waals surface area contributed by atoms with Crippen LogP contribution in [0.3, 0.4) is 0 Å². The molecule has 0 saturated heterocycles. The smallest absolute Gasteiger partial charge is 0.157 e. The van der Waals surface area contributed by atoms with Gasteiger partial charge in [0.25, 0.3) is 0 Å². The number of nitrogens with zero attached hydrogens (tertiary/aromatic N) is 5. The Morgan fingerprint density at radius 3 is 2.80 bits per heavy atom. The molecule has 0 fully saturated rings. The van der Waals surface area contributed by atoms with E-state index in [2.05, 4.69) is 25.4 Å². The highest BCUT2D eigenvalue weighted by Gasteiger charge is 2.14. The Labute approximate surface area is 143 Å². The van der Waals surface area contributed by atoms with Gasteiger partial charge in [0, 0.05) is 23.9 Å². The number of anilines is 1. The van der Waals surface area contributed by atoms with Gasteiger partial charge in [-0.25, -0.2) is 19.3 Å². The van der Waals surface area contributed by atoms with Gasteiger partial charge in [-0.3, -0.25) is 0 Å². The number of benzene rings is 1. The summed E-state index contributed by atoms with van der Waals surface area (Å²) in [6.45, 7) is 1.99. The second kappa shape index (κ2) is 6.27. The van der Waals surface area contributed by atoms with Gasteiger partial charge < -0.3 is 5.32 Å². The number of hydrogen-bond donors (Lipinski definition) is 1. The first kappa shape index (κ1) is 15.2. The summed E-state index contributed by atoms with van der Waals surface area (Å²) in [5.41, 5.74) is 2.48. The highest BCUT2D eigenvalue weighted by Crippen LogP contribution is 2.26. The molecule has 4 aromatic rings. The molecule has 0 spiro atoms. The summed E-state index contributed by atoms with van der Waals surface area (Å²) < 4.78 is 15.8. The van der Waals surface area contributed by atoms with Crippen LogP contribution >= 0.6 is 0 Å². The number of fused-ring (bicyclic) bond motifs is 1. The van der Waals surface area contributed by atoms with E-state index in [-0.39, 0.29) is 11.9 Å². The SMILES string of the molecule is CC(Nc1cc(-c2ccccc2F)nc2ccnn12)c1ccncn1. The van der Waals surface area contributed by atoms with Crippen LogP contribution in [-0.2, 0) is 0 Å². The monoisotopic (exact) mass is 334 g/mol. The van der Waals surface area contributed by atoms with E-state index in [0.717, 1.165) is 5.69 Å². The fraction of sp³-hybridized carbons (Fsp3) is 0.111. The number of aromatic nitrogens is 5. The van der Waals surface area contributed by atoms with Crippen LogP contribution in [0.5, 0.6) is 0 Å². The Morgan fingerprint density at radius 2 is 2.00 bits per heavy atom. The molecule has 0 aliphatic rings. The zero-order valence-corrected chi connectivity index (χ0v) is 13.5. The van der Waals surface area contributed by atoms with E-state index >= 15 is 0 Å². The summed E-state index contributed by atoms with van der Waals surface area (Å²) >= 11 is 0. The van der Waals surface area contributed by atoms with Crippen molar-refractivity contribution in [2.45, 2.75) is 13.0 Å². The molecule has 0 amide bonds. The lowest BCUT2D eigenvalue weighted by Gasteiger charge is -2.16. The van der Waals surface area contributed by atoms with E-state index in [1.165, 1.54) is 12.4 Å². The summed E-state index contributed by atoms with van der Waals surface area (Å²) in [5, 5.41) is 7.65. The topological polar surface area (TPSA) is 68.0 Å². The van der Waals surface area contributed by atoms with E-state index < -0.39 is 0 Å². The van der Waals surface area contributed by atoms with Crippen LogP contribution in [0, 0.1) is 5.82 Å². The Hall–Kier alpha value is -3.35. The van der Waals surface area contributed by atoms with Crippen molar-refractivity contribution in [2.75, 3.05) is 5.32 Å². The third-order valence-corrected chi connectivity index (χ3v) is 3.92. The van der Waals surface area contributed by atoms with Crippen molar-refractivity contribution >= 4 is 11.5 Å². The minimum Gasteiger partial charge on any atom is -0.362 e. The predicted molar refractivity (Wildman–Crippen MR) is 92.5 cm³/mol. The first-order valence-corrected chi connectivity index (χ1v) is 7.84. The van der Waals surface area contributed by atoms with E-state index in [4.69, 9.17) is 0 Å². The molecule has 4 rings (SSSR count). The minimum absolute atomic E-state index is 0.0775. The second-order valence-corrected chi connectivity index (χ2v) is 5.61. The fourth-order valence-electron chi connectivity index (χ4n) is 2.68. The van der Waals surface area contributed by atoms with Crippen molar-refractivity contribution in [3.05, 3.63) is 72.7 Å². The quantitative estimate of drug-likeness (QED) is 0.619. The van der Waals surface area contributed by atoms with Crippen molar-refractivity contribution < 1.29 is 4.39 Å². The third-order valence-electron chi connectivity index (χ3n) is 3.92. The first-order chi connectivity index (χ1) is 12.2. The standard InChI is InChI=1S/C18H15FN6/c1-12(15-6-8-20-11-21-15)23-18-10-16(13-4-2-3-5-14(13)19)24-17-7-9-22-25(17)18/h2-12,23H,1H3. The van der Waals surface area contributed by atoms with Crippen LogP contribution in [0.1, 0.15) is 18.7 Å². The average molecular weight is 334 g/mol. The van der Waals surface area contributed by atoms with Crippen LogP contribution in [0.25, 0.3) is 16.9 Å². The van der Waals surface area contributed by atoms with Gasteiger partial charge in [-0.1, -0.05) is 12.1 Å². The van der Waals surface area contributed by atoms with Gasteiger partial charge >= 0.3 is 0 Å². The normalized spacial score (nSPS) is 12.2. The molecule has 0 saturated carbocycles. The highest BCUT2D eigenvalue weighted by molar-refractivity contribution is 5.67. The van der Waals surface area contributed by atoms with Crippen LogP contribution in [0.4, 0.5) is 10.2 Å². The molecule has 7 heteroatoms. The molecular weight excluding hydrogens is 319 g/mol. The zero-order chi connectivity index (χ0) is 17.2. The van der Waals surface area contributed by atoms with Gasteiger partial charge in [-0.2, -0.15) is 9.61 Å². The van der Waals surface area contributed by atoms with Crippen LogP contribution in [0.15, 0.2) is 61.2 Å². The maximum absolute atomic E-state index is 14.2. The van der Waals surface area contributed by atoms with Crippen molar-refractivity contribution in [1.82, 2.24) is 24.6 Å². The van der Waals surface area contributed by atoms with Crippen molar-refractivity contribution in [3.63, 3.8) is 0 Å². The lowest BCUT2D eigenvalue weighted by atomic mass is 10.1. The second-order valence-electron chi connectivity index (χ2n) is 5.61. The molecule has 1 aromatic carbocycles. The van der Waals surface area contributed by atoms with Gasteiger partial charge in [-0.15, -0.1) is 0 Å². The van der Waals surface area contributed by atoms with E-state index in [9.17, 15) is 4.39 Å². The fourth-order valence-corrected chi connectivity index (χ4v) is 2.68. The van der Waals surface area contributed by atoms with Gasteiger partial charge in [0.15, 0.2) is 5.65 Å².